The van der Waals surface area contributed by atoms with Crippen molar-refractivity contribution >= 4 is 11.6 Å². The molecule has 0 aliphatic rings. The van der Waals surface area contributed by atoms with Crippen molar-refractivity contribution in [1.82, 2.24) is 0 Å². The van der Waals surface area contributed by atoms with Crippen LogP contribution in [0.15, 0.2) is 12.2 Å². The number of rotatable bonds is 4. The summed E-state index contributed by atoms with van der Waals surface area (Å²) in [5.41, 5.74) is 0. The number of hydrogen-bond donors (Lipinski definition) is 0. The first-order chi connectivity index (χ1) is 3.91. The Morgan fingerprint density at radius 1 is 1.38 bits per heavy atom. The Balaban J connectivity index is 2.80. The molecule has 0 fully saturated rings. The molecule has 0 aliphatic heterocycles. The van der Waals surface area contributed by atoms with Gasteiger partial charge in [-0.2, -0.15) is 0 Å². The number of hydrogen-bond acceptors (Lipinski definition) is 0. The van der Waals surface area contributed by atoms with E-state index in [1.807, 2.05) is 6.08 Å². The van der Waals surface area contributed by atoms with Gasteiger partial charge < -0.3 is 0 Å². The van der Waals surface area contributed by atoms with Crippen molar-refractivity contribution in [2.75, 3.05) is 5.88 Å². The molecule has 0 rings (SSSR count). The summed E-state index contributed by atoms with van der Waals surface area (Å²) < 4.78 is 0. The summed E-state index contributed by atoms with van der Waals surface area (Å²) in [5, 5.41) is 0. The first-order valence-corrected chi connectivity index (χ1v) is 3.66. The molecule has 0 aromatic carbocycles. The lowest BCUT2D eigenvalue weighted by Gasteiger charge is -1.85. The zero-order chi connectivity index (χ0) is 6.24. The molecule has 0 radical (unpaired) electrons. The minimum absolute atomic E-state index is 0.656. The Labute approximate surface area is 56.5 Å². The average molecular weight is 133 g/mol. The van der Waals surface area contributed by atoms with Crippen LogP contribution in [0.25, 0.3) is 0 Å². The number of allylic oxidation sites excluding steroid dienone is 2. The fourth-order valence-electron chi connectivity index (χ4n) is 0.503. The van der Waals surface area contributed by atoms with Crippen LogP contribution in [-0.4, -0.2) is 5.88 Å². The van der Waals surface area contributed by atoms with Crippen LogP contribution in [0.2, 0.25) is 0 Å². The van der Waals surface area contributed by atoms with Gasteiger partial charge >= 0.3 is 0 Å². The van der Waals surface area contributed by atoms with E-state index in [-0.39, 0.29) is 0 Å². The minimum Gasteiger partial charge on any atom is -0.122 e. The van der Waals surface area contributed by atoms with Gasteiger partial charge in [0.05, 0.1) is 0 Å². The summed E-state index contributed by atoms with van der Waals surface area (Å²) in [7, 11) is 0. The van der Waals surface area contributed by atoms with Crippen molar-refractivity contribution in [2.45, 2.75) is 26.2 Å². The van der Waals surface area contributed by atoms with E-state index in [9.17, 15) is 0 Å². The van der Waals surface area contributed by atoms with Gasteiger partial charge in [0.1, 0.15) is 0 Å². The number of unbranched alkanes of at least 4 members (excludes halogenated alkanes) is 2. The first-order valence-electron chi connectivity index (χ1n) is 3.12. The Hall–Kier alpha value is 0.0300. The van der Waals surface area contributed by atoms with Gasteiger partial charge in [-0.1, -0.05) is 31.9 Å². The monoisotopic (exact) mass is 132 g/mol. The molecule has 0 N–H and O–H groups in total. The average Bonchev–Trinajstić information content (AvgIpc) is 1.81. The predicted octanol–water partition coefficient (Wildman–Crippen LogP) is 2.97. The van der Waals surface area contributed by atoms with Crippen LogP contribution in [0.3, 0.4) is 0 Å². The molecule has 48 valence electrons. The van der Waals surface area contributed by atoms with Gasteiger partial charge in [0, 0.05) is 5.88 Å². The maximum atomic E-state index is 5.39. The summed E-state index contributed by atoms with van der Waals surface area (Å²) in [6.07, 6.45) is 7.87. The number of alkyl halides is 1. The molecule has 0 unspecified atom stereocenters. The van der Waals surface area contributed by atoms with Crippen molar-refractivity contribution in [3.05, 3.63) is 12.2 Å². The Morgan fingerprint density at radius 2 is 2.12 bits per heavy atom. The fourth-order valence-corrected chi connectivity index (χ4v) is 0.629. The highest BCUT2D eigenvalue weighted by molar-refractivity contribution is 6.18. The van der Waals surface area contributed by atoms with Gasteiger partial charge in [-0.05, 0) is 6.42 Å². The van der Waals surface area contributed by atoms with Crippen LogP contribution >= 0.6 is 11.6 Å². The molecule has 0 saturated heterocycles. The second-order valence-electron chi connectivity index (χ2n) is 1.77. The maximum absolute atomic E-state index is 5.39. The molecule has 0 nitrogen and oxygen atoms in total. The summed E-state index contributed by atoms with van der Waals surface area (Å²) in [4.78, 5) is 0. The normalized spacial score (nSPS) is 10.8. The van der Waals surface area contributed by atoms with Gasteiger partial charge in [-0.25, -0.2) is 0 Å². The van der Waals surface area contributed by atoms with Gasteiger partial charge in [0.25, 0.3) is 0 Å². The zero-order valence-corrected chi connectivity index (χ0v) is 6.12. The van der Waals surface area contributed by atoms with Gasteiger partial charge in [-0.15, -0.1) is 11.6 Å². The molecule has 0 amide bonds. The molecule has 1 heteroatoms. The van der Waals surface area contributed by atoms with Crippen molar-refractivity contribution < 1.29 is 0 Å². The molecule has 8 heavy (non-hydrogen) atoms. The van der Waals surface area contributed by atoms with E-state index >= 15 is 0 Å². The third-order valence-electron chi connectivity index (χ3n) is 0.980. The topological polar surface area (TPSA) is 0 Å². The van der Waals surface area contributed by atoms with Gasteiger partial charge in [0.2, 0.25) is 0 Å². The van der Waals surface area contributed by atoms with Crippen molar-refractivity contribution in [1.29, 1.82) is 0 Å². The van der Waals surface area contributed by atoms with Crippen LogP contribution in [0.4, 0.5) is 0 Å². The van der Waals surface area contributed by atoms with E-state index in [0.717, 1.165) is 0 Å². The molecule has 0 aromatic rings. The molecule has 0 aromatic heterocycles. The number of halogens is 1. The lowest BCUT2D eigenvalue weighted by molar-refractivity contribution is 0.814. The maximum Gasteiger partial charge on any atom is 0.0404 e. The van der Waals surface area contributed by atoms with E-state index in [0.29, 0.717) is 5.88 Å². The molecular weight excluding hydrogens is 120 g/mol. The third kappa shape index (κ3) is 6.03. The van der Waals surface area contributed by atoms with Crippen molar-refractivity contribution in [2.24, 2.45) is 0 Å². The van der Waals surface area contributed by atoms with Crippen LogP contribution in [0.5, 0.6) is 0 Å². The second kappa shape index (κ2) is 7.03. The first kappa shape index (κ1) is 8.03. The Kier molecular flexibility index (Phi) is 7.06. The second-order valence-corrected chi connectivity index (χ2v) is 2.08. The molecule has 0 saturated carbocycles. The molecule has 0 aliphatic carbocycles. The van der Waals surface area contributed by atoms with E-state index in [1.54, 1.807) is 0 Å². The molecule has 0 bridgehead atoms. The highest BCUT2D eigenvalue weighted by Gasteiger charge is 1.75. The summed E-state index contributed by atoms with van der Waals surface area (Å²) >= 11 is 5.39. The van der Waals surface area contributed by atoms with Crippen LogP contribution in [0, 0.1) is 0 Å². The zero-order valence-electron chi connectivity index (χ0n) is 5.36. The standard InChI is InChI=1S/C7H13Cl/c1-2-3-4-5-6-7-8/h5-6H,2-4,7H2,1H3. The van der Waals surface area contributed by atoms with Gasteiger partial charge in [0.15, 0.2) is 0 Å². The lowest BCUT2D eigenvalue weighted by Crippen LogP contribution is -1.66. The van der Waals surface area contributed by atoms with E-state index in [1.165, 1.54) is 19.3 Å². The highest BCUT2D eigenvalue weighted by atomic mass is 35.5. The summed E-state index contributed by atoms with van der Waals surface area (Å²) in [6, 6.07) is 0. The van der Waals surface area contributed by atoms with Crippen molar-refractivity contribution in [3.63, 3.8) is 0 Å². The van der Waals surface area contributed by atoms with Crippen LogP contribution in [0.1, 0.15) is 26.2 Å². The molecule has 0 atom stereocenters. The lowest BCUT2D eigenvalue weighted by atomic mass is 10.2. The van der Waals surface area contributed by atoms with Crippen LogP contribution < -0.4 is 0 Å². The molecule has 0 spiro atoms. The molecular formula is C7H13Cl. The molecule has 0 heterocycles. The highest BCUT2D eigenvalue weighted by Crippen LogP contribution is 1.94. The van der Waals surface area contributed by atoms with E-state index in [4.69, 9.17) is 11.6 Å². The Morgan fingerprint density at radius 3 is 2.62 bits per heavy atom. The quantitative estimate of drug-likeness (QED) is 0.314. The fraction of sp³-hybridized carbons (Fsp3) is 0.714. The predicted molar refractivity (Wildman–Crippen MR) is 39.4 cm³/mol. The van der Waals surface area contributed by atoms with E-state index in [2.05, 4.69) is 13.0 Å². The van der Waals surface area contributed by atoms with Gasteiger partial charge in [-0.3, -0.25) is 0 Å². The summed E-state index contributed by atoms with van der Waals surface area (Å²) in [6.45, 7) is 2.19. The largest absolute Gasteiger partial charge is 0.122 e. The smallest absolute Gasteiger partial charge is 0.0404 e. The van der Waals surface area contributed by atoms with Crippen LogP contribution in [-0.2, 0) is 0 Å². The SMILES string of the molecule is CCCCC=CCCl. The summed E-state index contributed by atoms with van der Waals surface area (Å²) in [5.74, 6) is 0.656. The minimum atomic E-state index is 0.656. The van der Waals surface area contributed by atoms with Crippen molar-refractivity contribution in [3.8, 4) is 0 Å². The van der Waals surface area contributed by atoms with E-state index < -0.39 is 0 Å². The third-order valence-corrected chi connectivity index (χ3v) is 1.16. The Bertz CT molecular complexity index is 57.4.